The molecule has 0 aliphatic carbocycles. The number of nitriles is 1. The van der Waals surface area contributed by atoms with Crippen LogP contribution in [-0.4, -0.2) is 5.97 Å². The third-order valence-electron chi connectivity index (χ3n) is 2.05. The van der Waals surface area contributed by atoms with Gasteiger partial charge in [-0.05, 0) is 12.1 Å². The summed E-state index contributed by atoms with van der Waals surface area (Å²) >= 11 is 0. The van der Waals surface area contributed by atoms with Gasteiger partial charge in [-0.1, -0.05) is 55.1 Å². The number of carbonyl (C=O) groups excluding carboxylic acids is 1. The summed E-state index contributed by atoms with van der Waals surface area (Å²) in [5.41, 5.74) is 0.331. The van der Waals surface area contributed by atoms with E-state index in [9.17, 15) is 4.79 Å². The maximum absolute atomic E-state index is 10.8. The second kappa shape index (κ2) is 8.26. The van der Waals surface area contributed by atoms with E-state index in [1.165, 1.54) is 0 Å². The topological polar surface area (TPSA) is 50.1 Å². The Labute approximate surface area is 112 Å². The van der Waals surface area contributed by atoms with Crippen molar-refractivity contribution >= 4 is 5.97 Å². The van der Waals surface area contributed by atoms with E-state index in [2.05, 4.69) is 6.58 Å². The Morgan fingerprint density at radius 2 is 1.58 bits per heavy atom. The zero-order valence-electron chi connectivity index (χ0n) is 10.3. The van der Waals surface area contributed by atoms with Crippen LogP contribution < -0.4 is 4.74 Å². The van der Waals surface area contributed by atoms with E-state index in [0.29, 0.717) is 5.56 Å². The van der Waals surface area contributed by atoms with Gasteiger partial charge in [0.1, 0.15) is 11.8 Å². The molecule has 3 heteroatoms. The van der Waals surface area contributed by atoms with Gasteiger partial charge in [-0.2, -0.15) is 5.26 Å². The summed E-state index contributed by atoms with van der Waals surface area (Å²) in [6, 6.07) is 20.4. The molecule has 2 rings (SSSR count). The van der Waals surface area contributed by atoms with E-state index < -0.39 is 5.97 Å². The first-order valence-electron chi connectivity index (χ1n) is 5.61. The third-order valence-corrected chi connectivity index (χ3v) is 2.05. The molecule has 0 aliphatic rings. The minimum Gasteiger partial charge on any atom is -0.422 e. The van der Waals surface area contributed by atoms with Crippen molar-refractivity contribution in [2.45, 2.75) is 0 Å². The molecule has 0 aromatic heterocycles. The SMILES string of the molecule is C=CC(=O)Oc1ccccc1C#N.c1ccccc1. The van der Waals surface area contributed by atoms with Gasteiger partial charge in [0.2, 0.25) is 0 Å². The van der Waals surface area contributed by atoms with E-state index in [-0.39, 0.29) is 5.75 Å². The highest BCUT2D eigenvalue weighted by atomic mass is 16.5. The summed E-state index contributed by atoms with van der Waals surface area (Å²) in [6.45, 7) is 3.25. The molecule has 0 bridgehead atoms. The lowest BCUT2D eigenvalue weighted by Gasteiger charge is -2.01. The third kappa shape index (κ3) is 5.33. The normalized spacial score (nSPS) is 8.37. The Bertz CT molecular complexity index is 544. The second-order valence-corrected chi connectivity index (χ2v) is 3.39. The first-order valence-corrected chi connectivity index (χ1v) is 5.61. The van der Waals surface area contributed by atoms with Gasteiger partial charge < -0.3 is 4.74 Å². The maximum atomic E-state index is 10.8. The number of hydrogen-bond donors (Lipinski definition) is 0. The van der Waals surface area contributed by atoms with Crippen LogP contribution in [0.2, 0.25) is 0 Å². The van der Waals surface area contributed by atoms with Gasteiger partial charge in [0.25, 0.3) is 0 Å². The Balaban J connectivity index is 0.000000250. The summed E-state index contributed by atoms with van der Waals surface area (Å²) in [6.07, 6.45) is 1.05. The molecular formula is C16H13NO2. The molecule has 2 aromatic rings. The molecule has 0 heterocycles. The number of ether oxygens (including phenoxy) is 1. The van der Waals surface area contributed by atoms with Crippen molar-refractivity contribution in [2.24, 2.45) is 0 Å². The fraction of sp³-hybridized carbons (Fsp3) is 0. The van der Waals surface area contributed by atoms with Crippen LogP contribution in [0.1, 0.15) is 5.56 Å². The Kier molecular flexibility index (Phi) is 6.18. The highest BCUT2D eigenvalue weighted by Crippen LogP contribution is 2.16. The Morgan fingerprint density at radius 1 is 1.05 bits per heavy atom. The molecule has 0 fully saturated rings. The fourth-order valence-corrected chi connectivity index (χ4v) is 1.18. The molecule has 0 N–H and O–H groups in total. The van der Waals surface area contributed by atoms with Crippen LogP contribution in [-0.2, 0) is 4.79 Å². The van der Waals surface area contributed by atoms with Crippen LogP contribution in [0, 0.1) is 11.3 Å². The molecule has 0 saturated heterocycles. The number of benzene rings is 2. The average Bonchev–Trinajstić information content (AvgIpc) is 2.50. The van der Waals surface area contributed by atoms with E-state index in [1.54, 1.807) is 24.3 Å². The monoisotopic (exact) mass is 251 g/mol. The quantitative estimate of drug-likeness (QED) is 0.467. The van der Waals surface area contributed by atoms with Crippen LogP contribution in [0.3, 0.4) is 0 Å². The molecule has 0 unspecified atom stereocenters. The lowest BCUT2D eigenvalue weighted by molar-refractivity contribution is -0.128. The number of esters is 1. The van der Waals surface area contributed by atoms with Crippen LogP contribution in [0.15, 0.2) is 73.3 Å². The lowest BCUT2D eigenvalue weighted by atomic mass is 10.2. The molecule has 94 valence electrons. The van der Waals surface area contributed by atoms with Gasteiger partial charge in [0.05, 0.1) is 5.56 Å². The van der Waals surface area contributed by atoms with Gasteiger partial charge >= 0.3 is 5.97 Å². The highest BCUT2D eigenvalue weighted by Gasteiger charge is 2.04. The van der Waals surface area contributed by atoms with Crippen molar-refractivity contribution in [1.29, 1.82) is 5.26 Å². The Hall–Kier alpha value is -2.86. The zero-order chi connectivity index (χ0) is 13.9. The van der Waals surface area contributed by atoms with E-state index in [0.717, 1.165) is 6.08 Å². The predicted octanol–water partition coefficient (Wildman–Crippen LogP) is 3.34. The van der Waals surface area contributed by atoms with Gasteiger partial charge in [-0.25, -0.2) is 4.79 Å². The molecule has 0 saturated carbocycles. The first-order chi connectivity index (χ1) is 9.27. The van der Waals surface area contributed by atoms with Crippen molar-refractivity contribution in [3.05, 3.63) is 78.9 Å². The summed E-state index contributed by atoms with van der Waals surface area (Å²) < 4.78 is 4.81. The number of para-hydroxylation sites is 1. The largest absolute Gasteiger partial charge is 0.422 e. The standard InChI is InChI=1S/C10H7NO2.C6H6/c1-2-10(12)13-9-6-4-3-5-8(9)7-11;1-2-4-6-5-3-1/h2-6H,1H2;1-6H. The molecular weight excluding hydrogens is 238 g/mol. The molecule has 0 atom stereocenters. The number of carbonyl (C=O) groups is 1. The molecule has 19 heavy (non-hydrogen) atoms. The van der Waals surface area contributed by atoms with Crippen molar-refractivity contribution in [3.63, 3.8) is 0 Å². The molecule has 0 radical (unpaired) electrons. The van der Waals surface area contributed by atoms with Gasteiger partial charge in [-0.3, -0.25) is 0 Å². The number of rotatable bonds is 2. The predicted molar refractivity (Wildman–Crippen MR) is 73.4 cm³/mol. The van der Waals surface area contributed by atoms with Crippen LogP contribution >= 0.6 is 0 Å². The van der Waals surface area contributed by atoms with Crippen molar-refractivity contribution in [2.75, 3.05) is 0 Å². The van der Waals surface area contributed by atoms with E-state index >= 15 is 0 Å². The van der Waals surface area contributed by atoms with Crippen LogP contribution in [0.4, 0.5) is 0 Å². The maximum Gasteiger partial charge on any atom is 0.335 e. The van der Waals surface area contributed by atoms with Crippen molar-refractivity contribution in [1.82, 2.24) is 0 Å². The summed E-state index contributed by atoms with van der Waals surface area (Å²) in [5.74, 6) is -0.308. The van der Waals surface area contributed by atoms with Gasteiger partial charge in [-0.15, -0.1) is 0 Å². The Morgan fingerprint density at radius 3 is 2.05 bits per heavy atom. The molecule has 2 aromatic carbocycles. The second-order valence-electron chi connectivity index (χ2n) is 3.39. The summed E-state index contributed by atoms with van der Waals surface area (Å²) in [5, 5.41) is 8.64. The molecule has 0 aliphatic heterocycles. The summed E-state index contributed by atoms with van der Waals surface area (Å²) in [4.78, 5) is 10.8. The van der Waals surface area contributed by atoms with E-state index in [1.807, 2.05) is 42.5 Å². The van der Waals surface area contributed by atoms with Gasteiger partial charge in [0.15, 0.2) is 0 Å². The smallest absolute Gasteiger partial charge is 0.335 e. The number of nitrogens with zero attached hydrogens (tertiary/aromatic N) is 1. The molecule has 0 amide bonds. The first kappa shape index (κ1) is 14.2. The highest BCUT2D eigenvalue weighted by molar-refractivity contribution is 5.83. The summed E-state index contributed by atoms with van der Waals surface area (Å²) in [7, 11) is 0. The fourth-order valence-electron chi connectivity index (χ4n) is 1.18. The van der Waals surface area contributed by atoms with E-state index in [4.69, 9.17) is 10.00 Å². The van der Waals surface area contributed by atoms with Crippen molar-refractivity contribution < 1.29 is 9.53 Å². The van der Waals surface area contributed by atoms with Crippen LogP contribution in [0.25, 0.3) is 0 Å². The van der Waals surface area contributed by atoms with Gasteiger partial charge in [0, 0.05) is 6.08 Å². The number of hydrogen-bond acceptors (Lipinski definition) is 3. The molecule has 3 nitrogen and oxygen atoms in total. The minimum absolute atomic E-state index is 0.259. The average molecular weight is 251 g/mol. The minimum atomic E-state index is -0.567. The van der Waals surface area contributed by atoms with Crippen molar-refractivity contribution in [3.8, 4) is 11.8 Å². The zero-order valence-corrected chi connectivity index (χ0v) is 10.3. The molecule has 0 spiro atoms. The van der Waals surface area contributed by atoms with Crippen LogP contribution in [0.5, 0.6) is 5.75 Å². The lowest BCUT2D eigenvalue weighted by Crippen LogP contribution is -2.04.